The molecule has 2 heterocycles. The molecule has 0 atom stereocenters. The predicted molar refractivity (Wildman–Crippen MR) is 64.6 cm³/mol. The molecule has 17 heavy (non-hydrogen) atoms. The number of amides is 1. The zero-order valence-corrected chi connectivity index (χ0v) is 9.93. The number of carbonyl (C=O) groups excluding carboxylic acids is 1. The third-order valence-corrected chi connectivity index (χ3v) is 2.62. The van der Waals surface area contributed by atoms with Gasteiger partial charge in [-0.25, -0.2) is 4.98 Å². The van der Waals surface area contributed by atoms with Crippen LogP contribution in [0.1, 0.15) is 19.4 Å². The minimum Gasteiger partial charge on any atom is -0.364 e. The summed E-state index contributed by atoms with van der Waals surface area (Å²) < 4.78 is 5.43. The normalized spacial score (nSPS) is 18.9. The molecule has 0 spiro atoms. The fraction of sp³-hybridized carbons (Fsp3) is 0.385. The van der Waals surface area contributed by atoms with Gasteiger partial charge in [0.1, 0.15) is 6.61 Å². The SMILES string of the molecule is C#Cc1cccnc1N1CC(C)(C)OCC1=O. The molecule has 88 valence electrons. The topological polar surface area (TPSA) is 42.4 Å². The maximum atomic E-state index is 11.8. The quantitative estimate of drug-likeness (QED) is 0.681. The molecule has 0 bridgehead atoms. The molecule has 0 aromatic carbocycles. The van der Waals surface area contributed by atoms with Gasteiger partial charge in [0.05, 0.1) is 17.7 Å². The third-order valence-electron chi connectivity index (χ3n) is 2.62. The first-order valence-electron chi connectivity index (χ1n) is 5.39. The van der Waals surface area contributed by atoms with Crippen LogP contribution in [0.2, 0.25) is 0 Å². The van der Waals surface area contributed by atoms with Gasteiger partial charge in [0, 0.05) is 6.20 Å². The smallest absolute Gasteiger partial charge is 0.254 e. The predicted octanol–water partition coefficient (Wildman–Crippen LogP) is 1.20. The van der Waals surface area contributed by atoms with E-state index in [0.29, 0.717) is 17.9 Å². The lowest BCUT2D eigenvalue weighted by atomic mass is 10.1. The fourth-order valence-corrected chi connectivity index (χ4v) is 1.77. The molecular weight excluding hydrogens is 216 g/mol. The van der Waals surface area contributed by atoms with Gasteiger partial charge in [-0.2, -0.15) is 0 Å². The first-order chi connectivity index (χ1) is 8.03. The van der Waals surface area contributed by atoms with Crippen LogP contribution in [0.5, 0.6) is 0 Å². The lowest BCUT2D eigenvalue weighted by Gasteiger charge is -2.37. The minimum atomic E-state index is -0.378. The van der Waals surface area contributed by atoms with Crippen LogP contribution in [-0.4, -0.2) is 29.6 Å². The summed E-state index contributed by atoms with van der Waals surface area (Å²) in [5.74, 6) is 2.97. The zero-order chi connectivity index (χ0) is 12.5. The Kier molecular flexibility index (Phi) is 2.86. The van der Waals surface area contributed by atoms with Crippen molar-refractivity contribution in [1.82, 2.24) is 4.98 Å². The van der Waals surface area contributed by atoms with Crippen LogP contribution in [0.3, 0.4) is 0 Å². The third kappa shape index (κ3) is 2.29. The van der Waals surface area contributed by atoms with Crippen molar-refractivity contribution in [1.29, 1.82) is 0 Å². The molecule has 1 saturated heterocycles. The Morgan fingerprint density at radius 2 is 2.35 bits per heavy atom. The van der Waals surface area contributed by atoms with Crippen LogP contribution < -0.4 is 4.90 Å². The van der Waals surface area contributed by atoms with Gasteiger partial charge in [0.25, 0.3) is 5.91 Å². The number of aromatic nitrogens is 1. The van der Waals surface area contributed by atoms with Crippen molar-refractivity contribution in [2.75, 3.05) is 18.1 Å². The molecule has 0 aliphatic carbocycles. The maximum absolute atomic E-state index is 11.8. The summed E-state index contributed by atoms with van der Waals surface area (Å²) in [6.07, 6.45) is 7.04. The summed E-state index contributed by atoms with van der Waals surface area (Å²) in [5.41, 5.74) is 0.246. The van der Waals surface area contributed by atoms with E-state index in [-0.39, 0.29) is 18.1 Å². The number of morpholine rings is 1. The van der Waals surface area contributed by atoms with Gasteiger partial charge >= 0.3 is 0 Å². The summed E-state index contributed by atoms with van der Waals surface area (Å²) in [6.45, 7) is 4.39. The summed E-state index contributed by atoms with van der Waals surface area (Å²) in [5, 5.41) is 0. The van der Waals surface area contributed by atoms with E-state index in [9.17, 15) is 4.79 Å². The average Bonchev–Trinajstić information content (AvgIpc) is 2.32. The molecule has 4 nitrogen and oxygen atoms in total. The van der Waals surface area contributed by atoms with Crippen LogP contribution in [-0.2, 0) is 9.53 Å². The number of ether oxygens (including phenoxy) is 1. The van der Waals surface area contributed by atoms with E-state index < -0.39 is 0 Å². The lowest BCUT2D eigenvalue weighted by Crippen LogP contribution is -2.52. The molecule has 1 aliphatic heterocycles. The average molecular weight is 230 g/mol. The van der Waals surface area contributed by atoms with Crippen LogP contribution in [0, 0.1) is 12.3 Å². The molecule has 1 aromatic rings. The van der Waals surface area contributed by atoms with Gasteiger partial charge in [-0.3, -0.25) is 9.69 Å². The van der Waals surface area contributed by atoms with Gasteiger partial charge in [-0.05, 0) is 26.0 Å². The largest absolute Gasteiger partial charge is 0.364 e. The summed E-state index contributed by atoms with van der Waals surface area (Å²) in [4.78, 5) is 17.6. The Morgan fingerprint density at radius 3 is 3.06 bits per heavy atom. The number of rotatable bonds is 1. The highest BCUT2D eigenvalue weighted by Crippen LogP contribution is 2.24. The fourth-order valence-electron chi connectivity index (χ4n) is 1.77. The number of terminal acetylenes is 1. The molecule has 2 rings (SSSR count). The molecule has 0 radical (unpaired) electrons. The molecule has 4 heteroatoms. The molecule has 1 aromatic heterocycles. The van der Waals surface area contributed by atoms with E-state index >= 15 is 0 Å². The monoisotopic (exact) mass is 230 g/mol. The maximum Gasteiger partial charge on any atom is 0.254 e. The van der Waals surface area contributed by atoms with Gasteiger partial charge in [0.15, 0.2) is 5.82 Å². The lowest BCUT2D eigenvalue weighted by molar-refractivity contribution is -0.135. The highest BCUT2D eigenvalue weighted by atomic mass is 16.5. The zero-order valence-electron chi connectivity index (χ0n) is 9.93. The molecule has 0 saturated carbocycles. The molecule has 0 N–H and O–H groups in total. The highest BCUT2D eigenvalue weighted by Gasteiger charge is 2.34. The van der Waals surface area contributed by atoms with Crippen molar-refractivity contribution in [2.45, 2.75) is 19.4 Å². The highest BCUT2D eigenvalue weighted by molar-refractivity contribution is 5.95. The van der Waals surface area contributed by atoms with Gasteiger partial charge < -0.3 is 4.74 Å². The Labute approximate surface area is 101 Å². The second-order valence-electron chi connectivity index (χ2n) is 4.55. The Hall–Kier alpha value is -1.86. The van der Waals surface area contributed by atoms with E-state index in [1.54, 1.807) is 23.2 Å². The van der Waals surface area contributed by atoms with Crippen molar-refractivity contribution in [2.24, 2.45) is 0 Å². The standard InChI is InChI=1S/C13H14N2O2/c1-4-10-6-5-7-14-12(10)15-9-13(2,3)17-8-11(15)16/h1,5-7H,8-9H2,2-3H3. The van der Waals surface area contributed by atoms with E-state index in [2.05, 4.69) is 10.9 Å². The Morgan fingerprint density at radius 1 is 1.59 bits per heavy atom. The number of hydrogen-bond donors (Lipinski definition) is 0. The molecule has 1 fully saturated rings. The van der Waals surface area contributed by atoms with Gasteiger partial charge in [-0.15, -0.1) is 6.42 Å². The summed E-state index contributed by atoms with van der Waals surface area (Å²) in [7, 11) is 0. The number of carbonyl (C=O) groups is 1. The first-order valence-corrected chi connectivity index (χ1v) is 5.39. The number of hydrogen-bond acceptors (Lipinski definition) is 3. The molecular formula is C13H14N2O2. The van der Waals surface area contributed by atoms with E-state index in [1.807, 2.05) is 13.8 Å². The molecule has 1 amide bonds. The van der Waals surface area contributed by atoms with E-state index in [1.165, 1.54) is 0 Å². The molecule has 0 unspecified atom stereocenters. The molecule has 1 aliphatic rings. The second kappa shape index (κ2) is 4.19. The van der Waals surface area contributed by atoms with Crippen molar-refractivity contribution >= 4 is 11.7 Å². The Bertz CT molecular complexity index is 488. The summed E-state index contributed by atoms with van der Waals surface area (Å²) in [6, 6.07) is 3.53. The first kappa shape index (κ1) is 11.6. The van der Waals surface area contributed by atoms with Crippen molar-refractivity contribution in [3.05, 3.63) is 23.9 Å². The van der Waals surface area contributed by atoms with Gasteiger partial charge in [-0.1, -0.05) is 5.92 Å². The van der Waals surface area contributed by atoms with Crippen molar-refractivity contribution < 1.29 is 9.53 Å². The minimum absolute atomic E-state index is 0.0631. The number of nitrogens with zero attached hydrogens (tertiary/aromatic N) is 2. The van der Waals surface area contributed by atoms with Gasteiger partial charge in [0.2, 0.25) is 0 Å². The van der Waals surface area contributed by atoms with Crippen molar-refractivity contribution in [3.8, 4) is 12.3 Å². The van der Waals surface area contributed by atoms with Crippen LogP contribution in [0.15, 0.2) is 18.3 Å². The van der Waals surface area contributed by atoms with Crippen LogP contribution in [0.25, 0.3) is 0 Å². The summed E-state index contributed by atoms with van der Waals surface area (Å²) >= 11 is 0. The van der Waals surface area contributed by atoms with Crippen LogP contribution >= 0.6 is 0 Å². The Balaban J connectivity index is 2.38. The van der Waals surface area contributed by atoms with E-state index in [4.69, 9.17) is 11.2 Å². The van der Waals surface area contributed by atoms with Crippen molar-refractivity contribution in [3.63, 3.8) is 0 Å². The van der Waals surface area contributed by atoms with Crippen LogP contribution in [0.4, 0.5) is 5.82 Å². The second-order valence-corrected chi connectivity index (χ2v) is 4.55. The van der Waals surface area contributed by atoms with E-state index in [0.717, 1.165) is 0 Å². The number of anilines is 1. The number of pyridine rings is 1.